The van der Waals surface area contributed by atoms with Crippen LogP contribution < -0.4 is 10.6 Å². The van der Waals surface area contributed by atoms with Gasteiger partial charge in [0.2, 0.25) is 0 Å². The van der Waals surface area contributed by atoms with E-state index in [4.69, 9.17) is 12.2 Å². The lowest BCUT2D eigenvalue weighted by Gasteiger charge is -2.12. The van der Waals surface area contributed by atoms with E-state index in [1.165, 1.54) is 0 Å². The lowest BCUT2D eigenvalue weighted by molar-refractivity contribution is 0.0977. The highest BCUT2D eigenvalue weighted by molar-refractivity contribution is 9.10. The van der Waals surface area contributed by atoms with E-state index in [0.29, 0.717) is 5.56 Å². The van der Waals surface area contributed by atoms with E-state index in [1.807, 2.05) is 38.1 Å². The molecule has 2 rings (SSSR count). The Kier molecular flexibility index (Phi) is 5.09. The van der Waals surface area contributed by atoms with Gasteiger partial charge in [0, 0.05) is 15.7 Å². The fourth-order valence-corrected chi connectivity index (χ4v) is 2.43. The summed E-state index contributed by atoms with van der Waals surface area (Å²) < 4.78 is 0.851. The highest BCUT2D eigenvalue weighted by Gasteiger charge is 2.09. The molecule has 0 aliphatic heterocycles. The van der Waals surface area contributed by atoms with Gasteiger partial charge in [-0.15, -0.1) is 0 Å². The molecule has 0 spiro atoms. The maximum absolute atomic E-state index is 12.1. The van der Waals surface area contributed by atoms with Crippen LogP contribution in [-0.4, -0.2) is 11.0 Å². The van der Waals surface area contributed by atoms with Crippen LogP contribution in [0.1, 0.15) is 21.5 Å². The monoisotopic (exact) mass is 362 g/mol. The van der Waals surface area contributed by atoms with Crippen molar-refractivity contribution in [3.8, 4) is 0 Å². The maximum Gasteiger partial charge on any atom is 0.257 e. The van der Waals surface area contributed by atoms with E-state index in [-0.39, 0.29) is 11.0 Å². The summed E-state index contributed by atoms with van der Waals surface area (Å²) in [6.07, 6.45) is 0. The first kappa shape index (κ1) is 15.7. The van der Waals surface area contributed by atoms with Gasteiger partial charge >= 0.3 is 0 Å². The van der Waals surface area contributed by atoms with Crippen LogP contribution in [0.4, 0.5) is 5.69 Å². The molecule has 0 heterocycles. The fourth-order valence-electron chi connectivity index (χ4n) is 1.83. The summed E-state index contributed by atoms with van der Waals surface area (Å²) in [6.45, 7) is 3.99. The first-order valence-corrected chi connectivity index (χ1v) is 7.61. The predicted octanol–water partition coefficient (Wildman–Crippen LogP) is 4.19. The average Bonchev–Trinajstić information content (AvgIpc) is 2.42. The molecule has 0 aromatic heterocycles. The van der Waals surface area contributed by atoms with Crippen LogP contribution in [0.15, 0.2) is 46.9 Å². The first-order valence-electron chi connectivity index (χ1n) is 6.41. The van der Waals surface area contributed by atoms with Gasteiger partial charge in [0.1, 0.15) is 0 Å². The van der Waals surface area contributed by atoms with Gasteiger partial charge in [-0.2, -0.15) is 0 Å². The van der Waals surface area contributed by atoms with E-state index in [2.05, 4.69) is 26.6 Å². The Labute approximate surface area is 137 Å². The number of hydrogen-bond donors (Lipinski definition) is 2. The van der Waals surface area contributed by atoms with Crippen molar-refractivity contribution < 1.29 is 4.79 Å². The Balaban J connectivity index is 2.05. The molecule has 0 bridgehead atoms. The van der Waals surface area contributed by atoms with Crippen LogP contribution in [0.25, 0.3) is 0 Å². The van der Waals surface area contributed by atoms with Crippen molar-refractivity contribution in [1.29, 1.82) is 0 Å². The zero-order chi connectivity index (χ0) is 15.4. The molecule has 0 aliphatic rings. The summed E-state index contributed by atoms with van der Waals surface area (Å²) in [7, 11) is 0. The van der Waals surface area contributed by atoms with Crippen LogP contribution in [0, 0.1) is 13.8 Å². The smallest absolute Gasteiger partial charge is 0.257 e. The minimum Gasteiger partial charge on any atom is -0.332 e. The number of carbonyl (C=O) groups is 1. The molecule has 2 N–H and O–H groups in total. The molecular weight excluding hydrogens is 348 g/mol. The van der Waals surface area contributed by atoms with Gasteiger partial charge in [0.05, 0.1) is 0 Å². The second-order valence-corrected chi connectivity index (χ2v) is 6.06. The second-order valence-electron chi connectivity index (χ2n) is 4.74. The van der Waals surface area contributed by atoms with Gasteiger partial charge in [-0.3, -0.25) is 10.1 Å². The third-order valence-electron chi connectivity index (χ3n) is 2.96. The van der Waals surface area contributed by atoms with Crippen LogP contribution in [0.2, 0.25) is 0 Å². The standard InChI is InChI=1S/C16H15BrN2OS/c1-10-6-7-11(2)14(8-10)18-16(21)19-15(20)12-4-3-5-13(17)9-12/h3-9H,1-2H3,(H2,18,19,20,21). The topological polar surface area (TPSA) is 41.1 Å². The number of thiocarbonyl (C=S) groups is 1. The molecule has 2 aromatic carbocycles. The van der Waals surface area contributed by atoms with Gasteiger partial charge in [-0.05, 0) is 61.5 Å². The van der Waals surface area contributed by atoms with Crippen molar-refractivity contribution in [2.45, 2.75) is 13.8 Å². The first-order chi connectivity index (χ1) is 9.95. The van der Waals surface area contributed by atoms with Crippen molar-refractivity contribution in [1.82, 2.24) is 5.32 Å². The molecule has 5 heteroatoms. The maximum atomic E-state index is 12.1. The number of nitrogens with one attached hydrogen (secondary N) is 2. The van der Waals surface area contributed by atoms with E-state index in [9.17, 15) is 4.79 Å². The molecule has 0 aliphatic carbocycles. The van der Waals surface area contributed by atoms with E-state index in [1.54, 1.807) is 18.2 Å². The molecule has 0 atom stereocenters. The molecule has 2 aromatic rings. The van der Waals surface area contributed by atoms with Crippen LogP contribution in [-0.2, 0) is 0 Å². The van der Waals surface area contributed by atoms with Crippen LogP contribution in [0.3, 0.4) is 0 Å². The zero-order valence-electron chi connectivity index (χ0n) is 11.7. The highest BCUT2D eigenvalue weighted by atomic mass is 79.9. The predicted molar refractivity (Wildman–Crippen MR) is 93.7 cm³/mol. The van der Waals surface area contributed by atoms with Crippen molar-refractivity contribution in [2.75, 3.05) is 5.32 Å². The number of benzene rings is 2. The largest absolute Gasteiger partial charge is 0.332 e. The minimum atomic E-state index is -0.237. The zero-order valence-corrected chi connectivity index (χ0v) is 14.1. The number of hydrogen-bond acceptors (Lipinski definition) is 2. The summed E-state index contributed by atoms with van der Waals surface area (Å²) in [4.78, 5) is 12.1. The normalized spacial score (nSPS) is 10.0. The highest BCUT2D eigenvalue weighted by Crippen LogP contribution is 2.16. The Bertz CT molecular complexity index is 700. The van der Waals surface area contributed by atoms with Crippen molar-refractivity contribution >= 4 is 44.9 Å². The number of anilines is 1. The number of aryl methyl sites for hydroxylation is 2. The average molecular weight is 363 g/mol. The SMILES string of the molecule is Cc1ccc(C)c(NC(=S)NC(=O)c2cccc(Br)c2)c1. The molecule has 108 valence electrons. The second kappa shape index (κ2) is 6.83. The van der Waals surface area contributed by atoms with Gasteiger partial charge < -0.3 is 5.32 Å². The summed E-state index contributed by atoms with van der Waals surface area (Å²) >= 11 is 8.53. The van der Waals surface area contributed by atoms with E-state index >= 15 is 0 Å². The van der Waals surface area contributed by atoms with Gasteiger partial charge in [0.15, 0.2) is 5.11 Å². The van der Waals surface area contributed by atoms with Crippen molar-refractivity contribution in [3.05, 3.63) is 63.6 Å². The lowest BCUT2D eigenvalue weighted by atomic mass is 10.1. The Morgan fingerprint density at radius 2 is 1.90 bits per heavy atom. The fraction of sp³-hybridized carbons (Fsp3) is 0.125. The third-order valence-corrected chi connectivity index (χ3v) is 3.65. The van der Waals surface area contributed by atoms with Crippen molar-refractivity contribution in [2.24, 2.45) is 0 Å². The number of rotatable bonds is 2. The Morgan fingerprint density at radius 3 is 2.62 bits per heavy atom. The molecule has 0 unspecified atom stereocenters. The quantitative estimate of drug-likeness (QED) is 0.786. The number of amides is 1. The van der Waals surface area contributed by atoms with Crippen molar-refractivity contribution in [3.63, 3.8) is 0 Å². The van der Waals surface area contributed by atoms with Gasteiger partial charge in [-0.25, -0.2) is 0 Å². The van der Waals surface area contributed by atoms with Gasteiger partial charge in [0.25, 0.3) is 5.91 Å². The summed E-state index contributed by atoms with van der Waals surface area (Å²) in [5.41, 5.74) is 3.65. The minimum absolute atomic E-state index is 0.237. The Hall–Kier alpha value is -1.72. The summed E-state index contributed by atoms with van der Waals surface area (Å²) in [5, 5.41) is 6.02. The van der Waals surface area contributed by atoms with Crippen LogP contribution >= 0.6 is 28.1 Å². The summed E-state index contributed by atoms with van der Waals surface area (Å²) in [5.74, 6) is -0.237. The lowest BCUT2D eigenvalue weighted by Crippen LogP contribution is -2.34. The Morgan fingerprint density at radius 1 is 1.14 bits per heavy atom. The number of carbonyl (C=O) groups excluding carboxylic acids is 1. The molecule has 0 fully saturated rings. The van der Waals surface area contributed by atoms with Gasteiger partial charge in [-0.1, -0.05) is 34.1 Å². The molecule has 21 heavy (non-hydrogen) atoms. The third kappa shape index (κ3) is 4.37. The molecule has 0 saturated heterocycles. The molecular formula is C16H15BrN2OS. The van der Waals surface area contributed by atoms with E-state index < -0.39 is 0 Å². The molecule has 1 amide bonds. The number of halogens is 1. The molecule has 0 radical (unpaired) electrons. The molecule has 0 saturated carbocycles. The molecule has 3 nitrogen and oxygen atoms in total. The van der Waals surface area contributed by atoms with E-state index in [0.717, 1.165) is 21.3 Å². The summed E-state index contributed by atoms with van der Waals surface area (Å²) in [6, 6.07) is 13.2. The van der Waals surface area contributed by atoms with Crippen LogP contribution in [0.5, 0.6) is 0 Å².